The first-order chi connectivity index (χ1) is 9.56. The van der Waals surface area contributed by atoms with E-state index < -0.39 is 5.97 Å². The second-order valence-electron chi connectivity index (χ2n) is 5.04. The van der Waals surface area contributed by atoms with Gasteiger partial charge in [0.05, 0.1) is 4.88 Å². The van der Waals surface area contributed by atoms with Crippen molar-refractivity contribution in [3.8, 4) is 0 Å². The standard InChI is InChI=1S/C14H20N2O3S/c1-11-4-5-12(20-11)14(19)16-9-7-15(8-10-16)6-2-3-13(17)18/h4-5H,2-3,6-10H2,1H3,(H,17,18). The van der Waals surface area contributed by atoms with Crippen LogP contribution in [-0.4, -0.2) is 59.5 Å². The maximum Gasteiger partial charge on any atom is 0.303 e. The lowest BCUT2D eigenvalue weighted by Crippen LogP contribution is -2.48. The molecular formula is C14H20N2O3S. The highest BCUT2D eigenvalue weighted by atomic mass is 32.1. The Morgan fingerprint density at radius 2 is 1.95 bits per heavy atom. The second-order valence-corrected chi connectivity index (χ2v) is 6.33. The zero-order valence-corrected chi connectivity index (χ0v) is 12.5. The van der Waals surface area contributed by atoms with Crippen molar-refractivity contribution in [2.24, 2.45) is 0 Å². The Morgan fingerprint density at radius 1 is 1.25 bits per heavy atom. The van der Waals surface area contributed by atoms with E-state index in [0.717, 1.165) is 42.5 Å². The van der Waals surface area contributed by atoms with Crippen molar-refractivity contribution in [1.82, 2.24) is 9.80 Å². The van der Waals surface area contributed by atoms with Crippen molar-refractivity contribution in [2.45, 2.75) is 19.8 Å². The van der Waals surface area contributed by atoms with Gasteiger partial charge in [-0.2, -0.15) is 0 Å². The Hall–Kier alpha value is -1.40. The molecule has 2 rings (SSSR count). The molecule has 1 saturated heterocycles. The van der Waals surface area contributed by atoms with Crippen molar-refractivity contribution >= 4 is 23.2 Å². The van der Waals surface area contributed by atoms with E-state index in [-0.39, 0.29) is 12.3 Å². The van der Waals surface area contributed by atoms with Gasteiger partial charge >= 0.3 is 5.97 Å². The minimum atomic E-state index is -0.744. The number of hydrogen-bond acceptors (Lipinski definition) is 4. The van der Waals surface area contributed by atoms with Gasteiger partial charge in [-0.05, 0) is 32.0 Å². The van der Waals surface area contributed by atoms with Crippen LogP contribution in [0.5, 0.6) is 0 Å². The Balaban J connectivity index is 1.76. The average molecular weight is 296 g/mol. The van der Waals surface area contributed by atoms with Gasteiger partial charge in [0.25, 0.3) is 5.91 Å². The highest BCUT2D eigenvalue weighted by Gasteiger charge is 2.22. The summed E-state index contributed by atoms with van der Waals surface area (Å²) < 4.78 is 0. The molecule has 2 heterocycles. The molecule has 0 aliphatic carbocycles. The number of rotatable bonds is 5. The third-order valence-corrected chi connectivity index (χ3v) is 4.46. The Morgan fingerprint density at radius 3 is 2.50 bits per heavy atom. The van der Waals surface area contributed by atoms with Crippen LogP contribution >= 0.6 is 11.3 Å². The molecule has 0 bridgehead atoms. The lowest BCUT2D eigenvalue weighted by molar-refractivity contribution is -0.137. The normalized spacial score (nSPS) is 16.4. The fraction of sp³-hybridized carbons (Fsp3) is 0.571. The van der Waals surface area contributed by atoms with Gasteiger partial charge in [0, 0.05) is 37.5 Å². The molecule has 1 N–H and O–H groups in total. The van der Waals surface area contributed by atoms with E-state index in [1.54, 1.807) is 0 Å². The lowest BCUT2D eigenvalue weighted by atomic mass is 10.2. The molecule has 1 amide bonds. The van der Waals surface area contributed by atoms with Crippen LogP contribution in [-0.2, 0) is 4.79 Å². The van der Waals surface area contributed by atoms with E-state index in [9.17, 15) is 9.59 Å². The number of aryl methyl sites for hydroxylation is 1. The minimum absolute atomic E-state index is 0.119. The molecule has 0 atom stereocenters. The number of carbonyl (C=O) groups is 2. The molecule has 0 radical (unpaired) electrons. The van der Waals surface area contributed by atoms with Gasteiger partial charge in [-0.25, -0.2) is 0 Å². The molecule has 1 aliphatic rings. The summed E-state index contributed by atoms with van der Waals surface area (Å²) in [6.45, 7) is 5.91. The molecule has 6 heteroatoms. The largest absolute Gasteiger partial charge is 0.481 e. The summed E-state index contributed by atoms with van der Waals surface area (Å²) in [5.41, 5.74) is 0. The molecule has 0 aromatic carbocycles. The zero-order valence-electron chi connectivity index (χ0n) is 11.7. The van der Waals surface area contributed by atoms with Crippen LogP contribution in [0.2, 0.25) is 0 Å². The zero-order chi connectivity index (χ0) is 14.5. The molecule has 1 aromatic rings. The average Bonchev–Trinajstić information content (AvgIpc) is 2.85. The van der Waals surface area contributed by atoms with Crippen molar-refractivity contribution in [3.63, 3.8) is 0 Å². The van der Waals surface area contributed by atoms with Crippen LogP contribution in [0.25, 0.3) is 0 Å². The van der Waals surface area contributed by atoms with E-state index in [1.807, 2.05) is 24.0 Å². The summed E-state index contributed by atoms with van der Waals surface area (Å²) in [5.74, 6) is -0.625. The first-order valence-electron chi connectivity index (χ1n) is 6.86. The maximum absolute atomic E-state index is 12.3. The smallest absolute Gasteiger partial charge is 0.303 e. The Bertz CT molecular complexity index is 479. The van der Waals surface area contributed by atoms with E-state index in [1.165, 1.54) is 11.3 Å². The molecular weight excluding hydrogens is 276 g/mol. The fourth-order valence-electron chi connectivity index (χ4n) is 2.33. The van der Waals surface area contributed by atoms with E-state index in [4.69, 9.17) is 5.11 Å². The van der Waals surface area contributed by atoms with Gasteiger partial charge in [-0.1, -0.05) is 0 Å². The molecule has 1 aromatic heterocycles. The predicted octanol–water partition coefficient (Wildman–Crippen LogP) is 1.68. The van der Waals surface area contributed by atoms with Crippen LogP contribution < -0.4 is 0 Å². The number of carbonyl (C=O) groups excluding carboxylic acids is 1. The highest BCUT2D eigenvalue weighted by molar-refractivity contribution is 7.13. The molecule has 1 fully saturated rings. The van der Waals surface area contributed by atoms with E-state index >= 15 is 0 Å². The monoisotopic (exact) mass is 296 g/mol. The number of aliphatic carboxylic acids is 1. The molecule has 110 valence electrons. The van der Waals surface area contributed by atoms with Gasteiger partial charge in [-0.3, -0.25) is 14.5 Å². The van der Waals surface area contributed by atoms with Crippen molar-refractivity contribution in [1.29, 1.82) is 0 Å². The molecule has 1 aliphatic heterocycles. The number of hydrogen-bond donors (Lipinski definition) is 1. The van der Waals surface area contributed by atoms with Gasteiger partial charge in [0.1, 0.15) is 0 Å². The number of thiophene rings is 1. The van der Waals surface area contributed by atoms with Gasteiger partial charge in [0.15, 0.2) is 0 Å². The summed E-state index contributed by atoms with van der Waals surface area (Å²) in [5, 5.41) is 8.62. The quantitative estimate of drug-likeness (QED) is 0.898. The number of nitrogens with zero attached hydrogens (tertiary/aromatic N) is 2. The SMILES string of the molecule is Cc1ccc(C(=O)N2CCN(CCCC(=O)O)CC2)s1. The number of carboxylic acid groups (broad SMARTS) is 1. The van der Waals surface area contributed by atoms with Crippen molar-refractivity contribution in [2.75, 3.05) is 32.7 Å². The summed E-state index contributed by atoms with van der Waals surface area (Å²) in [7, 11) is 0. The first-order valence-corrected chi connectivity index (χ1v) is 7.68. The third-order valence-electron chi connectivity index (χ3n) is 3.48. The maximum atomic E-state index is 12.3. The molecule has 0 saturated carbocycles. The van der Waals surface area contributed by atoms with Crippen LogP contribution in [0.3, 0.4) is 0 Å². The molecule has 5 nitrogen and oxygen atoms in total. The van der Waals surface area contributed by atoms with E-state index in [0.29, 0.717) is 6.42 Å². The molecule has 0 unspecified atom stereocenters. The number of piperazine rings is 1. The van der Waals surface area contributed by atoms with Crippen LogP contribution in [0, 0.1) is 6.92 Å². The van der Waals surface area contributed by atoms with Gasteiger partial charge in [0.2, 0.25) is 0 Å². The molecule has 20 heavy (non-hydrogen) atoms. The predicted molar refractivity (Wildman–Crippen MR) is 78.3 cm³/mol. The Kier molecular flexibility index (Phi) is 5.14. The third kappa shape index (κ3) is 4.05. The van der Waals surface area contributed by atoms with Crippen molar-refractivity contribution in [3.05, 3.63) is 21.9 Å². The number of carboxylic acids is 1. The first kappa shape index (κ1) is 15.0. The van der Waals surface area contributed by atoms with Gasteiger partial charge in [-0.15, -0.1) is 11.3 Å². The Labute approximate surface area is 122 Å². The van der Waals surface area contributed by atoms with Crippen LogP contribution in [0.4, 0.5) is 0 Å². The van der Waals surface area contributed by atoms with Crippen LogP contribution in [0.1, 0.15) is 27.4 Å². The van der Waals surface area contributed by atoms with E-state index in [2.05, 4.69) is 4.90 Å². The topological polar surface area (TPSA) is 60.9 Å². The lowest BCUT2D eigenvalue weighted by Gasteiger charge is -2.34. The summed E-state index contributed by atoms with van der Waals surface area (Å²) in [6, 6.07) is 3.86. The van der Waals surface area contributed by atoms with Gasteiger partial charge < -0.3 is 10.0 Å². The fourth-order valence-corrected chi connectivity index (χ4v) is 3.17. The summed E-state index contributed by atoms with van der Waals surface area (Å²) in [4.78, 5) is 28.8. The summed E-state index contributed by atoms with van der Waals surface area (Å²) in [6.07, 6.45) is 0.890. The minimum Gasteiger partial charge on any atom is -0.481 e. The second kappa shape index (κ2) is 6.85. The molecule has 0 spiro atoms. The van der Waals surface area contributed by atoms with Crippen LogP contribution in [0.15, 0.2) is 12.1 Å². The highest BCUT2D eigenvalue weighted by Crippen LogP contribution is 2.18. The van der Waals surface area contributed by atoms with Crippen molar-refractivity contribution < 1.29 is 14.7 Å². The summed E-state index contributed by atoms with van der Waals surface area (Å²) >= 11 is 1.54. The number of amides is 1.